The van der Waals surface area contributed by atoms with Crippen LogP contribution in [0.2, 0.25) is 0 Å². The lowest BCUT2D eigenvalue weighted by Gasteiger charge is -2.14. The number of fused-ring (bicyclic) bond motifs is 2. The normalized spacial score (nSPS) is 12.9. The number of amides is 2. The lowest BCUT2D eigenvalue weighted by molar-refractivity contribution is -0.385. The lowest BCUT2D eigenvalue weighted by Crippen LogP contribution is -2.35. The van der Waals surface area contributed by atoms with Crippen LogP contribution in [0.25, 0.3) is 11.0 Å². The summed E-state index contributed by atoms with van der Waals surface area (Å²) in [6, 6.07) is 8.48. The van der Waals surface area contributed by atoms with Gasteiger partial charge in [-0.15, -0.1) is 0 Å². The summed E-state index contributed by atoms with van der Waals surface area (Å²) in [5, 5.41) is 11.8. The van der Waals surface area contributed by atoms with E-state index in [9.17, 15) is 29.3 Å². The molecule has 1 aliphatic heterocycles. The van der Waals surface area contributed by atoms with E-state index in [-0.39, 0.29) is 17.7 Å². The molecule has 0 N–H and O–H groups in total. The number of hydrogen-bond acceptors (Lipinski definition) is 8. The number of carbonyl (C=O) groups excluding carboxylic acids is 3. The first-order valence-electron chi connectivity index (χ1n) is 9.51. The molecule has 0 saturated carbocycles. The molecule has 162 valence electrons. The number of imide groups is 1. The highest BCUT2D eigenvalue weighted by atomic mass is 16.6. The minimum Gasteiger partial charge on any atom is -0.459 e. The maximum absolute atomic E-state index is 12.6. The second-order valence-corrected chi connectivity index (χ2v) is 7.29. The van der Waals surface area contributed by atoms with E-state index in [0.717, 1.165) is 17.2 Å². The molecule has 0 atom stereocenters. The molecule has 0 unspecified atom stereocenters. The Hall–Kier alpha value is -4.34. The Bertz CT molecular complexity index is 1390. The van der Waals surface area contributed by atoms with Crippen molar-refractivity contribution in [1.82, 2.24) is 4.90 Å². The Balaban J connectivity index is 1.53. The summed E-state index contributed by atoms with van der Waals surface area (Å²) in [6.07, 6.45) is 0. The van der Waals surface area contributed by atoms with Gasteiger partial charge >= 0.3 is 11.6 Å². The lowest BCUT2D eigenvalue weighted by atomic mass is 10.0. The van der Waals surface area contributed by atoms with Gasteiger partial charge in [0.15, 0.2) is 0 Å². The van der Waals surface area contributed by atoms with Crippen LogP contribution in [-0.4, -0.2) is 34.2 Å². The van der Waals surface area contributed by atoms with E-state index in [1.807, 2.05) is 13.0 Å². The number of rotatable bonds is 5. The summed E-state index contributed by atoms with van der Waals surface area (Å²) >= 11 is 0. The van der Waals surface area contributed by atoms with E-state index >= 15 is 0 Å². The van der Waals surface area contributed by atoms with Crippen molar-refractivity contribution in [3.8, 4) is 0 Å². The van der Waals surface area contributed by atoms with Gasteiger partial charge in [0.05, 0.1) is 10.5 Å². The highest BCUT2D eigenvalue weighted by molar-refractivity contribution is 6.24. The van der Waals surface area contributed by atoms with Crippen LogP contribution in [0.5, 0.6) is 0 Å². The number of benzene rings is 2. The summed E-state index contributed by atoms with van der Waals surface area (Å²) in [7, 11) is 0. The van der Waals surface area contributed by atoms with E-state index in [2.05, 4.69) is 0 Å². The quantitative estimate of drug-likeness (QED) is 0.196. The number of hydrogen-bond donors (Lipinski definition) is 0. The number of ether oxygens (including phenoxy) is 1. The summed E-state index contributed by atoms with van der Waals surface area (Å²) < 4.78 is 10.5. The Morgan fingerprint density at radius 3 is 2.59 bits per heavy atom. The molecule has 1 aliphatic rings. The van der Waals surface area contributed by atoms with Crippen LogP contribution in [-0.2, 0) is 16.1 Å². The van der Waals surface area contributed by atoms with Crippen LogP contribution in [0.15, 0.2) is 45.6 Å². The number of esters is 1. The highest BCUT2D eigenvalue weighted by Gasteiger charge is 2.41. The van der Waals surface area contributed by atoms with Gasteiger partial charge in [0, 0.05) is 23.1 Å². The van der Waals surface area contributed by atoms with E-state index in [4.69, 9.17) is 9.15 Å². The highest BCUT2D eigenvalue weighted by Crippen LogP contribution is 2.30. The van der Waals surface area contributed by atoms with Gasteiger partial charge in [-0.05, 0) is 31.0 Å². The first kappa shape index (κ1) is 20.9. The second-order valence-electron chi connectivity index (χ2n) is 7.29. The van der Waals surface area contributed by atoms with Crippen molar-refractivity contribution >= 4 is 34.4 Å². The zero-order chi connectivity index (χ0) is 23.2. The molecule has 2 amide bonds. The molecule has 0 radical (unpaired) electrons. The molecule has 0 saturated heterocycles. The Morgan fingerprint density at radius 1 is 1.12 bits per heavy atom. The zero-order valence-corrected chi connectivity index (χ0v) is 17.0. The largest absolute Gasteiger partial charge is 0.459 e. The van der Waals surface area contributed by atoms with Crippen LogP contribution >= 0.6 is 0 Å². The first-order valence-corrected chi connectivity index (χ1v) is 9.51. The summed E-state index contributed by atoms with van der Waals surface area (Å²) in [4.78, 5) is 60.4. The second kappa shape index (κ2) is 7.73. The number of nitrogens with zero attached hydrogens (tertiary/aromatic N) is 2. The third-order valence-corrected chi connectivity index (χ3v) is 5.37. The van der Waals surface area contributed by atoms with Gasteiger partial charge in [0.1, 0.15) is 24.3 Å². The van der Waals surface area contributed by atoms with Crippen LogP contribution < -0.4 is 5.63 Å². The van der Waals surface area contributed by atoms with Gasteiger partial charge < -0.3 is 9.15 Å². The van der Waals surface area contributed by atoms with Gasteiger partial charge in [-0.2, -0.15) is 0 Å². The molecule has 2 aromatic carbocycles. The molecule has 0 aliphatic carbocycles. The van der Waals surface area contributed by atoms with E-state index in [0.29, 0.717) is 21.4 Å². The van der Waals surface area contributed by atoms with Gasteiger partial charge in [-0.1, -0.05) is 18.2 Å². The van der Waals surface area contributed by atoms with Crippen LogP contribution in [0.1, 0.15) is 37.4 Å². The maximum atomic E-state index is 12.6. The average molecular weight is 436 g/mol. The summed E-state index contributed by atoms with van der Waals surface area (Å²) in [6.45, 7) is 2.67. The molecule has 0 fully saturated rings. The molecule has 1 aromatic heterocycles. The number of nitro benzene ring substituents is 1. The third-order valence-electron chi connectivity index (χ3n) is 5.37. The van der Waals surface area contributed by atoms with Crippen molar-refractivity contribution in [2.24, 2.45) is 0 Å². The molecule has 10 heteroatoms. The van der Waals surface area contributed by atoms with Crippen molar-refractivity contribution in [1.29, 1.82) is 0 Å². The van der Waals surface area contributed by atoms with Crippen LogP contribution in [0.4, 0.5) is 5.69 Å². The first-order chi connectivity index (χ1) is 15.2. The fraction of sp³-hybridized carbons (Fsp3) is 0.182. The molecule has 0 bridgehead atoms. The van der Waals surface area contributed by atoms with E-state index < -0.39 is 40.6 Å². The Morgan fingerprint density at radius 2 is 1.88 bits per heavy atom. The van der Waals surface area contributed by atoms with Gasteiger partial charge in [0.2, 0.25) is 0 Å². The topological polar surface area (TPSA) is 137 Å². The minimum atomic E-state index is -0.939. The van der Waals surface area contributed by atoms with E-state index in [1.54, 1.807) is 13.0 Å². The number of aryl methyl sites for hydroxylation is 2. The zero-order valence-electron chi connectivity index (χ0n) is 17.0. The van der Waals surface area contributed by atoms with Gasteiger partial charge in [0.25, 0.3) is 17.5 Å². The maximum Gasteiger partial charge on any atom is 0.336 e. The number of carbonyl (C=O) groups is 3. The summed E-state index contributed by atoms with van der Waals surface area (Å²) in [5.41, 5.74) is 0.883. The van der Waals surface area contributed by atoms with Crippen molar-refractivity contribution < 1.29 is 28.5 Å². The van der Waals surface area contributed by atoms with Crippen LogP contribution in [0, 0.1) is 24.0 Å². The molecule has 10 nitrogen and oxygen atoms in total. The van der Waals surface area contributed by atoms with Crippen molar-refractivity contribution in [2.75, 3.05) is 6.54 Å². The van der Waals surface area contributed by atoms with Gasteiger partial charge in [-0.3, -0.25) is 29.4 Å². The van der Waals surface area contributed by atoms with Crippen molar-refractivity contribution in [3.05, 3.63) is 84.7 Å². The predicted octanol–water partition coefficient (Wildman–Crippen LogP) is 2.66. The van der Waals surface area contributed by atoms with Crippen molar-refractivity contribution in [2.45, 2.75) is 20.5 Å². The van der Waals surface area contributed by atoms with E-state index in [1.165, 1.54) is 18.2 Å². The number of nitro groups is 1. The predicted molar refractivity (Wildman–Crippen MR) is 110 cm³/mol. The molecule has 0 spiro atoms. The standard InChI is InChI=1S/C22H16N2O8/c1-11-6-7-14-13(8-17(25)32-20(14)12(11)2)10-31-18(26)9-23-21(27)15-4-3-5-16(24(29)30)19(15)22(23)28/h3-8H,9-10H2,1-2H3. The third kappa shape index (κ3) is 3.41. The van der Waals surface area contributed by atoms with Crippen molar-refractivity contribution in [3.63, 3.8) is 0 Å². The SMILES string of the molecule is Cc1ccc2c(COC(=O)CN3C(=O)c4cccc([N+](=O)[O-])c4C3=O)cc(=O)oc2c1C. The Kier molecular flexibility index (Phi) is 5.05. The average Bonchev–Trinajstić information content (AvgIpc) is 2.99. The van der Waals surface area contributed by atoms with Gasteiger partial charge in [-0.25, -0.2) is 4.79 Å². The monoisotopic (exact) mass is 436 g/mol. The molecule has 3 aromatic rings. The molecule has 2 heterocycles. The fourth-order valence-electron chi connectivity index (χ4n) is 3.59. The molecular formula is C22H16N2O8. The fourth-order valence-corrected chi connectivity index (χ4v) is 3.59. The molecular weight excluding hydrogens is 420 g/mol. The minimum absolute atomic E-state index is 0.144. The smallest absolute Gasteiger partial charge is 0.336 e. The molecule has 4 rings (SSSR count). The van der Waals surface area contributed by atoms with Crippen LogP contribution in [0.3, 0.4) is 0 Å². The Labute approximate surface area is 180 Å². The molecule has 32 heavy (non-hydrogen) atoms. The summed E-state index contributed by atoms with van der Waals surface area (Å²) in [5.74, 6) is -2.67.